The molecule has 2 saturated heterocycles. The van der Waals surface area contributed by atoms with Crippen molar-refractivity contribution in [3.63, 3.8) is 0 Å². The summed E-state index contributed by atoms with van der Waals surface area (Å²) in [5.74, 6) is 0.831. The quantitative estimate of drug-likeness (QED) is 0.292. The molecule has 9 heteroatoms. The molecule has 2 aliphatic heterocycles. The van der Waals surface area contributed by atoms with Crippen LogP contribution in [0.3, 0.4) is 0 Å². The first-order valence-electron chi connectivity index (χ1n) is 11.5. The molecule has 0 atom stereocenters. The number of amides is 1. The summed E-state index contributed by atoms with van der Waals surface area (Å²) in [5, 5.41) is 3.37. The fourth-order valence-electron chi connectivity index (χ4n) is 3.88. The summed E-state index contributed by atoms with van der Waals surface area (Å²) in [6, 6.07) is 0. The maximum atomic E-state index is 12.2. The number of likely N-dealkylation sites (tertiary alicyclic amines) is 1. The summed E-state index contributed by atoms with van der Waals surface area (Å²) < 4.78 is 10.3. The van der Waals surface area contributed by atoms with Crippen molar-refractivity contribution in [3.05, 3.63) is 0 Å². The van der Waals surface area contributed by atoms with Gasteiger partial charge in [0.1, 0.15) is 5.60 Å². The van der Waals surface area contributed by atoms with Crippen molar-refractivity contribution in [3.8, 4) is 0 Å². The fraction of sp³-hybridized carbons (Fsp3) is 0.864. The van der Waals surface area contributed by atoms with Crippen LogP contribution in [-0.4, -0.2) is 104 Å². The third-order valence-electron chi connectivity index (χ3n) is 5.58. The van der Waals surface area contributed by atoms with Gasteiger partial charge in [-0.1, -0.05) is 0 Å². The molecule has 0 aliphatic carbocycles. The average Bonchev–Trinajstić information content (AvgIpc) is 2.74. The van der Waals surface area contributed by atoms with Gasteiger partial charge >= 0.3 is 12.1 Å². The number of carbonyl (C=O) groups is 2. The minimum absolute atomic E-state index is 0.00322. The number of guanidine groups is 1. The van der Waals surface area contributed by atoms with Crippen LogP contribution in [0, 0.1) is 5.92 Å². The topological polar surface area (TPSA) is 86.7 Å². The summed E-state index contributed by atoms with van der Waals surface area (Å²) in [6.45, 7) is 15.1. The van der Waals surface area contributed by atoms with Gasteiger partial charge in [0.05, 0.1) is 13.0 Å². The Bertz CT molecular complexity index is 604. The minimum atomic E-state index is -0.453. The van der Waals surface area contributed by atoms with Crippen LogP contribution in [0.5, 0.6) is 0 Å². The third kappa shape index (κ3) is 8.55. The summed E-state index contributed by atoms with van der Waals surface area (Å²) in [7, 11) is 1.46. The molecule has 0 aromatic rings. The number of esters is 1. The maximum Gasteiger partial charge on any atom is 0.410 e. The molecule has 9 nitrogen and oxygen atoms in total. The molecule has 0 aromatic heterocycles. The van der Waals surface area contributed by atoms with E-state index < -0.39 is 5.60 Å². The van der Waals surface area contributed by atoms with Gasteiger partial charge in [-0.3, -0.25) is 14.7 Å². The van der Waals surface area contributed by atoms with Crippen molar-refractivity contribution in [2.24, 2.45) is 10.9 Å². The number of rotatable bonds is 6. The van der Waals surface area contributed by atoms with E-state index in [1.165, 1.54) is 7.11 Å². The molecule has 1 N–H and O–H groups in total. The minimum Gasteiger partial charge on any atom is -0.469 e. The second-order valence-electron chi connectivity index (χ2n) is 9.18. The zero-order chi connectivity index (χ0) is 22.9. The second-order valence-corrected chi connectivity index (χ2v) is 9.18. The first-order chi connectivity index (χ1) is 14.7. The number of ether oxygens (including phenoxy) is 2. The smallest absolute Gasteiger partial charge is 0.410 e. The molecule has 178 valence electrons. The maximum absolute atomic E-state index is 12.2. The van der Waals surface area contributed by atoms with Crippen molar-refractivity contribution >= 4 is 18.0 Å². The van der Waals surface area contributed by atoms with Gasteiger partial charge in [0, 0.05) is 58.9 Å². The Morgan fingerprint density at radius 3 is 2.23 bits per heavy atom. The lowest BCUT2D eigenvalue weighted by atomic mass is 9.97. The van der Waals surface area contributed by atoms with E-state index in [0.29, 0.717) is 13.1 Å². The Kier molecular flexibility index (Phi) is 9.87. The van der Waals surface area contributed by atoms with Crippen molar-refractivity contribution in [1.82, 2.24) is 20.0 Å². The summed E-state index contributed by atoms with van der Waals surface area (Å²) >= 11 is 0. The summed E-state index contributed by atoms with van der Waals surface area (Å²) in [6.07, 6.45) is 2.36. The number of nitrogens with zero attached hydrogens (tertiary/aromatic N) is 4. The number of piperidine rings is 1. The Morgan fingerprint density at radius 1 is 1.03 bits per heavy atom. The normalized spacial score (nSPS) is 19.3. The molecule has 31 heavy (non-hydrogen) atoms. The molecule has 1 amide bonds. The van der Waals surface area contributed by atoms with Crippen molar-refractivity contribution < 1.29 is 19.1 Å². The van der Waals surface area contributed by atoms with Crippen LogP contribution in [0.1, 0.15) is 47.0 Å². The zero-order valence-electron chi connectivity index (χ0n) is 20.0. The first kappa shape index (κ1) is 25.2. The largest absolute Gasteiger partial charge is 0.469 e. The number of carbonyl (C=O) groups excluding carboxylic acids is 2. The lowest BCUT2D eigenvalue weighted by Crippen LogP contribution is -2.50. The van der Waals surface area contributed by atoms with Crippen LogP contribution < -0.4 is 5.32 Å². The first-order valence-corrected chi connectivity index (χ1v) is 11.5. The Labute approximate surface area is 187 Å². The molecular formula is C22H41N5O4. The number of methoxy groups -OCH3 is 1. The number of aliphatic imine (C=N–C) groups is 1. The SMILES string of the molecule is CCNC(=NCCCN1CCN(C(=O)OC(C)(C)C)CC1)N1CCC(C(=O)OC)CC1. The lowest BCUT2D eigenvalue weighted by Gasteiger charge is -2.35. The lowest BCUT2D eigenvalue weighted by molar-refractivity contribution is -0.146. The van der Waals surface area contributed by atoms with E-state index in [-0.39, 0.29) is 18.0 Å². The molecule has 2 rings (SSSR count). The average molecular weight is 440 g/mol. The van der Waals surface area contributed by atoms with Crippen LogP contribution in [0.25, 0.3) is 0 Å². The third-order valence-corrected chi connectivity index (χ3v) is 5.58. The van der Waals surface area contributed by atoms with Crippen molar-refractivity contribution in [2.45, 2.75) is 52.6 Å². The number of nitrogens with one attached hydrogen (secondary N) is 1. The monoisotopic (exact) mass is 439 g/mol. The number of hydrogen-bond donors (Lipinski definition) is 1. The van der Waals surface area contributed by atoms with Gasteiger partial charge in [0.25, 0.3) is 0 Å². The van der Waals surface area contributed by atoms with Gasteiger partial charge in [-0.15, -0.1) is 0 Å². The standard InChI is InChI=1S/C22H41N5O4/c1-6-23-20(26-12-8-18(9-13-26)19(28)30-5)24-10-7-11-25-14-16-27(17-15-25)21(29)31-22(2,3)4/h18H,6-17H2,1-5H3,(H,23,24). The van der Waals surface area contributed by atoms with Gasteiger partial charge in [-0.2, -0.15) is 0 Å². The van der Waals surface area contributed by atoms with Gasteiger partial charge in [0.15, 0.2) is 5.96 Å². The Morgan fingerprint density at radius 2 is 1.68 bits per heavy atom. The highest BCUT2D eigenvalue weighted by molar-refractivity contribution is 5.80. The highest BCUT2D eigenvalue weighted by atomic mass is 16.6. The van der Waals surface area contributed by atoms with E-state index in [1.54, 1.807) is 4.90 Å². The van der Waals surface area contributed by atoms with E-state index in [4.69, 9.17) is 14.5 Å². The van der Waals surface area contributed by atoms with Crippen LogP contribution >= 0.6 is 0 Å². The van der Waals surface area contributed by atoms with Crippen LogP contribution in [0.4, 0.5) is 4.79 Å². The Hall–Kier alpha value is -2.03. The number of piperazine rings is 1. The molecule has 2 fully saturated rings. The van der Waals surface area contributed by atoms with Gasteiger partial charge in [-0.25, -0.2) is 4.79 Å². The second kappa shape index (κ2) is 12.1. The highest BCUT2D eigenvalue weighted by Crippen LogP contribution is 2.18. The summed E-state index contributed by atoms with van der Waals surface area (Å²) in [4.78, 5) is 35.1. The van der Waals surface area contributed by atoms with E-state index in [1.807, 2.05) is 20.8 Å². The van der Waals surface area contributed by atoms with E-state index in [2.05, 4.69) is 22.0 Å². The van der Waals surface area contributed by atoms with Gasteiger partial charge in [0.2, 0.25) is 0 Å². The zero-order valence-corrected chi connectivity index (χ0v) is 20.0. The van der Waals surface area contributed by atoms with E-state index in [0.717, 1.165) is 71.0 Å². The van der Waals surface area contributed by atoms with E-state index >= 15 is 0 Å². The molecule has 2 aliphatic rings. The predicted molar refractivity (Wildman–Crippen MR) is 121 cm³/mol. The van der Waals surface area contributed by atoms with E-state index in [9.17, 15) is 9.59 Å². The molecule has 0 radical (unpaired) electrons. The fourth-order valence-corrected chi connectivity index (χ4v) is 3.88. The van der Waals surface area contributed by atoms with Gasteiger partial charge in [-0.05, 0) is 47.0 Å². The molecule has 2 heterocycles. The molecule has 0 saturated carbocycles. The predicted octanol–water partition coefficient (Wildman–Crippen LogP) is 1.78. The van der Waals surface area contributed by atoms with Crippen LogP contribution in [0.15, 0.2) is 4.99 Å². The van der Waals surface area contributed by atoms with Crippen molar-refractivity contribution in [2.75, 3.05) is 66.0 Å². The highest BCUT2D eigenvalue weighted by Gasteiger charge is 2.27. The molecule has 0 bridgehead atoms. The van der Waals surface area contributed by atoms with Crippen molar-refractivity contribution in [1.29, 1.82) is 0 Å². The molecule has 0 aromatic carbocycles. The Balaban J connectivity index is 1.71. The van der Waals surface area contributed by atoms with Gasteiger partial charge < -0.3 is 24.6 Å². The molecular weight excluding hydrogens is 398 g/mol. The van der Waals surface area contributed by atoms with Crippen LogP contribution in [0.2, 0.25) is 0 Å². The summed E-state index contributed by atoms with van der Waals surface area (Å²) in [5.41, 5.74) is -0.453. The number of hydrogen-bond acceptors (Lipinski definition) is 6. The molecule has 0 spiro atoms. The van der Waals surface area contributed by atoms with Crippen LogP contribution in [-0.2, 0) is 14.3 Å². The molecule has 0 unspecified atom stereocenters.